The molecule has 0 aromatic carbocycles. The molecule has 0 saturated carbocycles. The van der Waals surface area contributed by atoms with Crippen molar-refractivity contribution in [3.63, 3.8) is 0 Å². The van der Waals surface area contributed by atoms with Crippen LogP contribution >= 0.6 is 0 Å². The number of hydrogen-bond acceptors (Lipinski definition) is 1. The van der Waals surface area contributed by atoms with Crippen LogP contribution in [0.2, 0.25) is 0 Å². The van der Waals surface area contributed by atoms with Crippen molar-refractivity contribution in [3.05, 3.63) is 0 Å². The van der Waals surface area contributed by atoms with Gasteiger partial charge in [-0.15, -0.1) is 0 Å². The van der Waals surface area contributed by atoms with Gasteiger partial charge in [-0.1, -0.05) is 0 Å². The Morgan fingerprint density at radius 2 is 1.25 bits per heavy atom. The molecule has 1 nitrogen and oxygen atoms in total. The summed E-state index contributed by atoms with van der Waals surface area (Å²) in [6.07, 6.45) is 0. The van der Waals surface area contributed by atoms with E-state index in [1.807, 2.05) is 0 Å². The Morgan fingerprint density at radius 1 is 1.25 bits per heavy atom. The van der Waals surface area contributed by atoms with E-state index in [0.717, 1.165) is 0 Å². The fourth-order valence-corrected chi connectivity index (χ4v) is 0. The molecule has 4 heavy (non-hydrogen) atoms. The third kappa shape index (κ3) is 9.96. The average molecular weight is 141 g/mol. The molecule has 0 fully saturated rings. The average Bonchev–Trinajstić information content (AvgIpc) is 1.00. The van der Waals surface area contributed by atoms with Gasteiger partial charge >= 0.3 is 19.5 Å². The van der Waals surface area contributed by atoms with E-state index < -0.39 is 0 Å². The van der Waals surface area contributed by atoms with Crippen LogP contribution in [0.5, 0.6) is 0 Å². The molecule has 0 N–H and O–H groups in total. The fourth-order valence-electron chi connectivity index (χ4n) is 0. The minimum atomic E-state index is 0. The minimum absolute atomic E-state index is 0. The first kappa shape index (κ1) is 18.1. The topological polar surface area (TPSA) is 17.1 Å². The van der Waals surface area contributed by atoms with Crippen LogP contribution in [0.4, 0.5) is 0 Å². The summed E-state index contributed by atoms with van der Waals surface area (Å²) in [5.74, 6) is 0. The second-order valence-electron chi connectivity index (χ2n) is 0. The third-order valence-electron chi connectivity index (χ3n) is 0. The zero-order chi connectivity index (χ0) is 2.00. The molecule has 0 unspecified atom stereocenters. The Bertz CT molecular complexity index is 6.00. The van der Waals surface area contributed by atoms with Crippen molar-refractivity contribution >= 4 is 18.9 Å². The second-order valence-corrected chi connectivity index (χ2v) is 0. The molecule has 0 aliphatic carbocycles. The van der Waals surface area contributed by atoms with Gasteiger partial charge in [0.2, 0.25) is 0 Å². The van der Waals surface area contributed by atoms with Gasteiger partial charge in [0, 0.05) is 35.6 Å². The fraction of sp³-hybridized carbons (Fsp3) is 0. The van der Waals surface area contributed by atoms with E-state index in [9.17, 15) is 0 Å². The molecule has 4 heteroatoms. The van der Waals surface area contributed by atoms with Crippen LogP contribution in [0.25, 0.3) is 0 Å². The third-order valence-corrected chi connectivity index (χ3v) is 0. The van der Waals surface area contributed by atoms with E-state index in [4.69, 9.17) is 3.87 Å². The zero-order valence-corrected chi connectivity index (χ0v) is 4.16. The van der Waals surface area contributed by atoms with Crippen molar-refractivity contribution in [2.45, 2.75) is 0 Å². The standard InChI is InChI=1S/2Co.Li.O. The van der Waals surface area contributed by atoms with Crippen molar-refractivity contribution < 1.29 is 36.3 Å². The maximum atomic E-state index is 7.94. The molecule has 2 radical (unpaired) electrons. The van der Waals surface area contributed by atoms with Crippen molar-refractivity contribution in [1.29, 1.82) is 0 Å². The molecule has 0 aromatic heterocycles. The molecule has 0 rings (SSSR count). The van der Waals surface area contributed by atoms with Gasteiger partial charge in [0.15, 0.2) is 0 Å². The van der Waals surface area contributed by atoms with Crippen molar-refractivity contribution in [3.8, 4) is 0 Å². The zero-order valence-electron chi connectivity index (χ0n) is 2.07. The molecule has 0 heterocycles. The van der Waals surface area contributed by atoms with Crippen LogP contribution in [-0.2, 0) is 36.3 Å². The van der Waals surface area contributed by atoms with E-state index in [-0.39, 0.29) is 35.6 Å². The SMILES string of the molecule is [Co].[Li].[O]=[Co]. The summed E-state index contributed by atoms with van der Waals surface area (Å²) >= 11 is 2.31. The second kappa shape index (κ2) is 25.8. The summed E-state index contributed by atoms with van der Waals surface area (Å²) in [6, 6.07) is 0. The first-order chi connectivity index (χ1) is 1.00. The predicted molar refractivity (Wildman–Crippen MR) is 6.44 cm³/mol. The molecule has 0 atom stereocenters. The van der Waals surface area contributed by atoms with Crippen LogP contribution in [0.1, 0.15) is 0 Å². The molecule has 0 aromatic rings. The first-order valence-electron chi connectivity index (χ1n) is 0.136. The van der Waals surface area contributed by atoms with Gasteiger partial charge < -0.3 is 0 Å². The maximum absolute atomic E-state index is 7.94. The van der Waals surface area contributed by atoms with Crippen LogP contribution in [0, 0.1) is 0 Å². The summed E-state index contributed by atoms with van der Waals surface area (Å²) in [5.41, 5.74) is 0. The van der Waals surface area contributed by atoms with Crippen LogP contribution in [0.15, 0.2) is 0 Å². The van der Waals surface area contributed by atoms with E-state index in [0.29, 0.717) is 0 Å². The summed E-state index contributed by atoms with van der Waals surface area (Å²) in [6.45, 7) is 0. The summed E-state index contributed by atoms with van der Waals surface area (Å²) < 4.78 is 7.94. The van der Waals surface area contributed by atoms with Crippen LogP contribution in [0.3, 0.4) is 0 Å². The Hall–Kier alpha value is 1.41. The van der Waals surface area contributed by atoms with Gasteiger partial charge in [-0.2, -0.15) is 0 Å². The van der Waals surface area contributed by atoms with E-state index in [1.54, 1.807) is 0 Å². The monoisotopic (exact) mass is 141 g/mol. The molecule has 0 amide bonds. The van der Waals surface area contributed by atoms with Crippen LogP contribution in [-0.4, -0.2) is 18.9 Å². The summed E-state index contributed by atoms with van der Waals surface area (Å²) in [5, 5.41) is 0. The molecular weight excluding hydrogens is 141 g/mol. The molecule has 0 aliphatic heterocycles. The normalized spacial score (nSPS) is 1.25. The van der Waals surface area contributed by atoms with E-state index >= 15 is 0 Å². The van der Waals surface area contributed by atoms with Gasteiger partial charge in [-0.25, -0.2) is 0 Å². The predicted octanol–water partition coefficient (Wildman–Crippen LogP) is -0.505. The van der Waals surface area contributed by atoms with Gasteiger partial charge in [-0.05, 0) is 0 Å². The summed E-state index contributed by atoms with van der Waals surface area (Å²) in [7, 11) is 0. The molecule has 0 spiro atoms. The molecule has 0 saturated heterocycles. The molecule has 0 bridgehead atoms. The van der Waals surface area contributed by atoms with Gasteiger partial charge in [-0.3, -0.25) is 0 Å². The number of hydrogen-bond donors (Lipinski definition) is 0. The molecule has 0 aliphatic rings. The van der Waals surface area contributed by atoms with Crippen molar-refractivity contribution in [1.82, 2.24) is 0 Å². The van der Waals surface area contributed by atoms with E-state index in [1.165, 1.54) is 0 Å². The Labute approximate surface area is 55.1 Å². The van der Waals surface area contributed by atoms with Gasteiger partial charge in [0.1, 0.15) is 0 Å². The van der Waals surface area contributed by atoms with Crippen molar-refractivity contribution in [2.75, 3.05) is 0 Å². The molecular formula is Co2LiO. The Kier molecular flexibility index (Phi) is 117. The van der Waals surface area contributed by atoms with Crippen LogP contribution < -0.4 is 0 Å². The first-order valence-corrected chi connectivity index (χ1v) is 0.561. The summed E-state index contributed by atoms with van der Waals surface area (Å²) in [4.78, 5) is 0. The Balaban J connectivity index is -0.00000000500. The van der Waals surface area contributed by atoms with Gasteiger partial charge in [0.25, 0.3) is 0 Å². The van der Waals surface area contributed by atoms with E-state index in [2.05, 4.69) is 15.7 Å². The Morgan fingerprint density at radius 3 is 1.25 bits per heavy atom. The van der Waals surface area contributed by atoms with Gasteiger partial charge in [0.05, 0.1) is 0 Å². The molecule has 25 valence electrons. The van der Waals surface area contributed by atoms with Crippen molar-refractivity contribution in [2.24, 2.45) is 0 Å². The number of rotatable bonds is 0. The quantitative estimate of drug-likeness (QED) is 0.415.